The van der Waals surface area contributed by atoms with E-state index >= 15 is 0 Å². The highest BCUT2D eigenvalue weighted by molar-refractivity contribution is 9.10. The Kier molecular flexibility index (Phi) is 6.97. The molecule has 0 aliphatic carbocycles. The van der Waals surface area contributed by atoms with Gasteiger partial charge in [0.05, 0.1) is 23.8 Å². The lowest BCUT2D eigenvalue weighted by atomic mass is 10.2. The molecule has 9 heteroatoms. The number of aryl methyl sites for hydroxylation is 1. The fourth-order valence-corrected chi connectivity index (χ4v) is 2.95. The van der Waals surface area contributed by atoms with Crippen LogP contribution in [0.25, 0.3) is 0 Å². The molecule has 8 nitrogen and oxygen atoms in total. The summed E-state index contributed by atoms with van der Waals surface area (Å²) in [5.41, 5.74) is 1.24. The van der Waals surface area contributed by atoms with Crippen molar-refractivity contribution < 1.29 is 14.6 Å². The Morgan fingerprint density at radius 1 is 1.22 bits per heavy atom. The van der Waals surface area contributed by atoms with Gasteiger partial charge >= 0.3 is 6.03 Å². The van der Waals surface area contributed by atoms with Gasteiger partial charge in [0, 0.05) is 4.47 Å². The molecule has 0 radical (unpaired) electrons. The van der Waals surface area contributed by atoms with E-state index in [4.69, 9.17) is 9.78 Å². The maximum Gasteiger partial charge on any atom is 0.325 e. The molecule has 1 aliphatic rings. The van der Waals surface area contributed by atoms with Gasteiger partial charge in [-0.15, -0.1) is 0 Å². The molecule has 0 saturated carbocycles. The van der Waals surface area contributed by atoms with E-state index in [1.807, 2.05) is 13.0 Å². The summed E-state index contributed by atoms with van der Waals surface area (Å²) in [5, 5.41) is 8.66. The van der Waals surface area contributed by atoms with E-state index in [0.717, 1.165) is 36.0 Å². The van der Waals surface area contributed by atoms with Crippen molar-refractivity contribution in [3.63, 3.8) is 0 Å². The number of rotatable bonds is 5. The Hall–Kier alpha value is -2.23. The molecule has 1 aromatic carbocycles. The zero-order valence-electron chi connectivity index (χ0n) is 15.0. The van der Waals surface area contributed by atoms with Crippen LogP contribution < -0.4 is 20.8 Å². The van der Waals surface area contributed by atoms with E-state index in [1.165, 1.54) is 12.6 Å². The minimum Gasteiger partial charge on any atom is -0.334 e. The number of carbonyl (C=O) groups excluding carboxylic acids is 1. The number of halogens is 1. The quantitative estimate of drug-likeness (QED) is 0.485. The molecule has 2 amide bonds. The predicted molar refractivity (Wildman–Crippen MR) is 106 cm³/mol. The average Bonchev–Trinajstić information content (AvgIpc) is 2.92. The molecule has 1 fully saturated rings. The number of anilines is 2. The zero-order valence-corrected chi connectivity index (χ0v) is 16.6. The number of hydrogen-bond donors (Lipinski definition) is 3. The number of urea groups is 1. The van der Waals surface area contributed by atoms with Crippen molar-refractivity contribution in [3.8, 4) is 5.75 Å². The first kappa shape index (κ1) is 19.5. The molecule has 144 valence electrons. The zero-order chi connectivity index (χ0) is 19.1. The van der Waals surface area contributed by atoms with Gasteiger partial charge in [0.2, 0.25) is 0 Å². The van der Waals surface area contributed by atoms with Crippen LogP contribution in [0.3, 0.4) is 0 Å². The number of nitrogens with zero attached hydrogens (tertiary/aromatic N) is 2. The molecule has 1 saturated heterocycles. The van der Waals surface area contributed by atoms with Gasteiger partial charge in [-0.25, -0.2) is 9.78 Å². The topological polar surface area (TPSA) is 97.4 Å². The van der Waals surface area contributed by atoms with Crippen molar-refractivity contribution >= 4 is 33.5 Å². The second-order valence-corrected chi connectivity index (χ2v) is 7.15. The highest BCUT2D eigenvalue weighted by atomic mass is 79.9. The van der Waals surface area contributed by atoms with Gasteiger partial charge in [-0.05, 0) is 50.9 Å². The first-order valence-corrected chi connectivity index (χ1v) is 9.62. The number of benzene rings is 1. The van der Waals surface area contributed by atoms with Crippen LogP contribution in [0.15, 0.2) is 35.1 Å². The predicted octanol–water partition coefficient (Wildman–Crippen LogP) is 3.99. The second kappa shape index (κ2) is 9.63. The van der Waals surface area contributed by atoms with Crippen molar-refractivity contribution in [1.82, 2.24) is 15.3 Å². The van der Waals surface area contributed by atoms with E-state index in [0.29, 0.717) is 17.3 Å². The Labute approximate surface area is 166 Å². The van der Waals surface area contributed by atoms with Crippen molar-refractivity contribution in [2.24, 2.45) is 0 Å². The number of hydrogen-bond acceptors (Lipinski definition) is 6. The standard InChI is InChI=1S/C18H22BrN5O3/c1-12-10-22-16(11-21-12)24-18(25)23-14-9-13(19)6-7-15(14)26-27-17-5-3-2-4-8-20-17/h6-7,9-11,17,20H,2-5,8H2,1H3,(H2,22,23,24,25). The smallest absolute Gasteiger partial charge is 0.325 e. The minimum atomic E-state index is -0.455. The highest BCUT2D eigenvalue weighted by Crippen LogP contribution is 2.29. The van der Waals surface area contributed by atoms with Crippen molar-refractivity contribution in [2.45, 2.75) is 38.8 Å². The summed E-state index contributed by atoms with van der Waals surface area (Å²) in [6, 6.07) is 4.82. The van der Waals surface area contributed by atoms with Gasteiger partial charge in [-0.1, -0.05) is 22.4 Å². The van der Waals surface area contributed by atoms with Crippen molar-refractivity contribution in [1.29, 1.82) is 0 Å². The van der Waals surface area contributed by atoms with Gasteiger partial charge in [-0.2, -0.15) is 4.89 Å². The third-order valence-electron chi connectivity index (χ3n) is 3.98. The van der Waals surface area contributed by atoms with Crippen LogP contribution >= 0.6 is 15.9 Å². The largest absolute Gasteiger partial charge is 0.334 e. The van der Waals surface area contributed by atoms with Gasteiger partial charge in [-0.3, -0.25) is 15.6 Å². The molecule has 1 atom stereocenters. The van der Waals surface area contributed by atoms with Crippen molar-refractivity contribution in [3.05, 3.63) is 40.8 Å². The third-order valence-corrected chi connectivity index (χ3v) is 4.47. The highest BCUT2D eigenvalue weighted by Gasteiger charge is 2.16. The Bertz CT molecular complexity index is 764. The van der Waals surface area contributed by atoms with E-state index < -0.39 is 6.03 Å². The van der Waals surface area contributed by atoms with Crippen LogP contribution in [0.4, 0.5) is 16.3 Å². The Balaban J connectivity index is 1.62. The van der Waals surface area contributed by atoms with Crippen LogP contribution in [0.2, 0.25) is 0 Å². The van der Waals surface area contributed by atoms with E-state index in [9.17, 15) is 4.79 Å². The van der Waals surface area contributed by atoms with Gasteiger partial charge < -0.3 is 10.2 Å². The minimum absolute atomic E-state index is 0.166. The number of amides is 2. The molecule has 0 spiro atoms. The molecular weight excluding hydrogens is 414 g/mol. The fourth-order valence-electron chi connectivity index (χ4n) is 2.59. The summed E-state index contributed by atoms with van der Waals surface area (Å²) in [6.07, 6.45) is 7.19. The van der Waals surface area contributed by atoms with Crippen LogP contribution in [0.5, 0.6) is 5.75 Å². The molecule has 1 aliphatic heterocycles. The molecule has 1 aromatic heterocycles. The Morgan fingerprint density at radius 2 is 2.11 bits per heavy atom. The van der Waals surface area contributed by atoms with Crippen LogP contribution in [0.1, 0.15) is 31.4 Å². The van der Waals surface area contributed by atoms with E-state index in [2.05, 4.69) is 41.8 Å². The molecule has 3 N–H and O–H groups in total. The molecule has 2 heterocycles. The maximum absolute atomic E-state index is 12.3. The number of nitrogens with one attached hydrogen (secondary N) is 3. The van der Waals surface area contributed by atoms with E-state index in [1.54, 1.807) is 18.3 Å². The summed E-state index contributed by atoms with van der Waals surface area (Å²) in [5.74, 6) is 0.767. The summed E-state index contributed by atoms with van der Waals surface area (Å²) in [6.45, 7) is 2.73. The lowest BCUT2D eigenvalue weighted by molar-refractivity contribution is -0.253. The van der Waals surface area contributed by atoms with Crippen molar-refractivity contribution in [2.75, 3.05) is 17.2 Å². The lowest BCUT2D eigenvalue weighted by Crippen LogP contribution is -2.32. The maximum atomic E-state index is 12.3. The summed E-state index contributed by atoms with van der Waals surface area (Å²) in [4.78, 5) is 31.5. The van der Waals surface area contributed by atoms with Gasteiger partial charge in [0.1, 0.15) is 0 Å². The summed E-state index contributed by atoms with van der Waals surface area (Å²) in [7, 11) is 0. The summed E-state index contributed by atoms with van der Waals surface area (Å²) >= 11 is 3.40. The SMILES string of the molecule is Cc1cnc(NC(=O)Nc2cc(Br)ccc2OOC2CCCCCN2)cn1. The summed E-state index contributed by atoms with van der Waals surface area (Å²) < 4.78 is 0.799. The van der Waals surface area contributed by atoms with Gasteiger partial charge in [0.25, 0.3) is 0 Å². The molecule has 1 unspecified atom stereocenters. The van der Waals surface area contributed by atoms with E-state index in [-0.39, 0.29) is 6.23 Å². The normalized spacial score (nSPS) is 17.0. The van der Waals surface area contributed by atoms with Crippen LogP contribution in [-0.4, -0.2) is 28.8 Å². The second-order valence-electron chi connectivity index (χ2n) is 6.23. The van der Waals surface area contributed by atoms with Crippen LogP contribution in [0, 0.1) is 6.92 Å². The number of aromatic nitrogens is 2. The molecule has 0 bridgehead atoms. The monoisotopic (exact) mass is 435 g/mol. The molecule has 27 heavy (non-hydrogen) atoms. The molecule has 2 aromatic rings. The van der Waals surface area contributed by atoms with Crippen LogP contribution in [-0.2, 0) is 4.89 Å². The first-order chi connectivity index (χ1) is 13.1. The average molecular weight is 436 g/mol. The fraction of sp³-hybridized carbons (Fsp3) is 0.389. The first-order valence-electron chi connectivity index (χ1n) is 8.83. The Morgan fingerprint density at radius 3 is 2.93 bits per heavy atom. The lowest BCUT2D eigenvalue weighted by Gasteiger charge is -2.17. The third kappa shape index (κ3) is 6.16. The number of carbonyl (C=O) groups is 1. The van der Waals surface area contributed by atoms with Gasteiger partial charge in [0.15, 0.2) is 17.8 Å². The molecule has 3 rings (SSSR count). The molecular formula is C18H22BrN5O3.